The lowest BCUT2D eigenvalue weighted by molar-refractivity contribution is -0.131. The normalized spacial score (nSPS) is 21.8. The van der Waals surface area contributed by atoms with Crippen molar-refractivity contribution in [1.29, 1.82) is 0 Å². The third-order valence-corrected chi connectivity index (χ3v) is 4.64. The minimum absolute atomic E-state index is 0.0299. The summed E-state index contributed by atoms with van der Waals surface area (Å²) in [5, 5.41) is 3.02. The smallest absolute Gasteiger partial charge is 0.237 e. The summed E-state index contributed by atoms with van der Waals surface area (Å²) in [6.07, 6.45) is 5.73. The van der Waals surface area contributed by atoms with E-state index in [1.807, 2.05) is 13.8 Å². The van der Waals surface area contributed by atoms with Crippen molar-refractivity contribution in [2.24, 2.45) is 0 Å². The van der Waals surface area contributed by atoms with E-state index in [1.54, 1.807) is 0 Å². The predicted molar refractivity (Wildman–Crippen MR) is 70.7 cm³/mol. The highest BCUT2D eigenvalue weighted by atomic mass is 32.2. The number of hydrogen-bond acceptors (Lipinski definition) is 4. The van der Waals surface area contributed by atoms with Crippen molar-refractivity contribution < 1.29 is 13.2 Å². The molecule has 18 heavy (non-hydrogen) atoms. The van der Waals surface area contributed by atoms with Crippen molar-refractivity contribution in [3.63, 3.8) is 0 Å². The van der Waals surface area contributed by atoms with Gasteiger partial charge in [-0.2, -0.15) is 0 Å². The molecule has 0 aliphatic carbocycles. The maximum absolute atomic E-state index is 12.0. The molecule has 0 aromatic rings. The highest BCUT2D eigenvalue weighted by Crippen LogP contribution is 2.17. The average molecular weight is 272 g/mol. The summed E-state index contributed by atoms with van der Waals surface area (Å²) in [5.74, 6) is 2.46. The fraction of sp³-hybridized carbons (Fsp3) is 0.750. The van der Waals surface area contributed by atoms with Gasteiger partial charge in [-0.3, -0.25) is 4.79 Å². The monoisotopic (exact) mass is 272 g/mol. The summed E-state index contributed by atoms with van der Waals surface area (Å²) in [4.78, 5) is 13.5. The summed E-state index contributed by atoms with van der Waals surface area (Å²) in [5.41, 5.74) is 0. The standard InChI is InChI=1S/C12H20N2O3S/c1-4-6-14(12(15)8-13-10(2)3)11-5-7-18(16,17)9-11/h1,10-11,13H,5-9H2,2-3H3. The van der Waals surface area contributed by atoms with Crippen LogP contribution in [0.1, 0.15) is 20.3 Å². The van der Waals surface area contributed by atoms with E-state index >= 15 is 0 Å². The van der Waals surface area contributed by atoms with Crippen LogP contribution in [0.5, 0.6) is 0 Å². The van der Waals surface area contributed by atoms with Gasteiger partial charge in [0.1, 0.15) is 0 Å². The highest BCUT2D eigenvalue weighted by Gasteiger charge is 2.34. The van der Waals surface area contributed by atoms with Crippen LogP contribution < -0.4 is 5.32 Å². The Hall–Kier alpha value is -1.06. The molecule has 1 aliphatic heterocycles. The molecule has 0 spiro atoms. The number of amides is 1. The zero-order valence-corrected chi connectivity index (χ0v) is 11.7. The van der Waals surface area contributed by atoms with Crippen molar-refractivity contribution >= 4 is 15.7 Å². The van der Waals surface area contributed by atoms with Crippen LogP contribution in [0.2, 0.25) is 0 Å². The summed E-state index contributed by atoms with van der Waals surface area (Å²) in [6.45, 7) is 4.24. The molecule has 1 fully saturated rings. The lowest BCUT2D eigenvalue weighted by Gasteiger charge is -2.26. The van der Waals surface area contributed by atoms with Gasteiger partial charge >= 0.3 is 0 Å². The first-order chi connectivity index (χ1) is 8.35. The summed E-state index contributed by atoms with van der Waals surface area (Å²) < 4.78 is 22.9. The first-order valence-corrected chi connectivity index (χ1v) is 7.84. The van der Waals surface area contributed by atoms with Gasteiger partial charge in [-0.25, -0.2) is 8.42 Å². The van der Waals surface area contributed by atoms with Crippen molar-refractivity contribution in [1.82, 2.24) is 10.2 Å². The third kappa shape index (κ3) is 4.31. The number of terminal acetylenes is 1. The number of sulfone groups is 1. The molecule has 1 rings (SSSR count). The molecule has 6 heteroatoms. The van der Waals surface area contributed by atoms with Gasteiger partial charge in [0.2, 0.25) is 5.91 Å². The van der Waals surface area contributed by atoms with Gasteiger partial charge in [0, 0.05) is 12.1 Å². The SMILES string of the molecule is C#CCN(C(=O)CNC(C)C)C1CCS(=O)(=O)C1. The number of rotatable bonds is 5. The molecule has 0 radical (unpaired) electrons. The molecule has 1 N–H and O–H groups in total. The molecule has 0 aromatic carbocycles. The average Bonchev–Trinajstić information content (AvgIpc) is 2.63. The topological polar surface area (TPSA) is 66.5 Å². The van der Waals surface area contributed by atoms with Gasteiger partial charge < -0.3 is 10.2 Å². The van der Waals surface area contributed by atoms with Crippen LogP contribution in [-0.4, -0.2) is 55.9 Å². The van der Waals surface area contributed by atoms with Crippen LogP contribution >= 0.6 is 0 Å². The van der Waals surface area contributed by atoms with Crippen molar-refractivity contribution in [3.05, 3.63) is 0 Å². The molecule has 1 aliphatic rings. The third-order valence-electron chi connectivity index (χ3n) is 2.89. The van der Waals surface area contributed by atoms with Crippen molar-refractivity contribution in [2.75, 3.05) is 24.6 Å². The Morgan fingerprint density at radius 3 is 2.67 bits per heavy atom. The second kappa shape index (κ2) is 6.21. The van der Waals surface area contributed by atoms with Crippen LogP contribution in [0.25, 0.3) is 0 Å². The fourth-order valence-electron chi connectivity index (χ4n) is 1.93. The quantitative estimate of drug-likeness (QED) is 0.694. The second-order valence-corrected chi connectivity index (χ2v) is 7.05. The molecular weight excluding hydrogens is 252 g/mol. The molecule has 1 amide bonds. The van der Waals surface area contributed by atoms with Crippen LogP contribution in [0.4, 0.5) is 0 Å². The molecule has 0 aromatic heterocycles. The Morgan fingerprint density at radius 2 is 2.22 bits per heavy atom. The lowest BCUT2D eigenvalue weighted by atomic mass is 10.2. The fourth-order valence-corrected chi connectivity index (χ4v) is 3.66. The predicted octanol–water partition coefficient (Wildman–Crippen LogP) is -0.367. The van der Waals surface area contributed by atoms with Crippen molar-refractivity contribution in [3.8, 4) is 12.3 Å². The highest BCUT2D eigenvalue weighted by molar-refractivity contribution is 7.91. The zero-order valence-electron chi connectivity index (χ0n) is 10.8. The Kier molecular flexibility index (Phi) is 5.17. The summed E-state index contributed by atoms with van der Waals surface area (Å²) in [7, 11) is -3.01. The van der Waals surface area contributed by atoms with Gasteiger partial charge in [-0.1, -0.05) is 19.8 Å². The molecule has 5 nitrogen and oxygen atoms in total. The van der Waals surface area contributed by atoms with E-state index < -0.39 is 9.84 Å². The molecule has 0 bridgehead atoms. The van der Waals surface area contributed by atoms with Crippen LogP contribution in [0.15, 0.2) is 0 Å². The summed E-state index contributed by atoms with van der Waals surface area (Å²) >= 11 is 0. The number of carbonyl (C=O) groups excluding carboxylic acids is 1. The maximum atomic E-state index is 12.0. The number of carbonyl (C=O) groups is 1. The molecule has 102 valence electrons. The van der Waals surface area contributed by atoms with E-state index in [0.717, 1.165) is 0 Å². The molecule has 0 saturated carbocycles. The van der Waals surface area contributed by atoms with Crippen LogP contribution in [-0.2, 0) is 14.6 Å². The summed E-state index contributed by atoms with van der Waals surface area (Å²) in [6, 6.07) is -0.0681. The van der Waals surface area contributed by atoms with E-state index in [0.29, 0.717) is 6.42 Å². The molecular formula is C12H20N2O3S. The van der Waals surface area contributed by atoms with Crippen molar-refractivity contribution in [2.45, 2.75) is 32.4 Å². The maximum Gasteiger partial charge on any atom is 0.237 e. The van der Waals surface area contributed by atoms with Crippen LogP contribution in [0.3, 0.4) is 0 Å². The molecule has 1 atom stereocenters. The number of nitrogens with zero attached hydrogens (tertiary/aromatic N) is 1. The van der Waals surface area contributed by atoms with Gasteiger partial charge in [0.05, 0.1) is 24.6 Å². The van der Waals surface area contributed by atoms with Gasteiger partial charge in [-0.15, -0.1) is 6.42 Å². The largest absolute Gasteiger partial charge is 0.326 e. The number of hydrogen-bond donors (Lipinski definition) is 1. The first-order valence-electron chi connectivity index (χ1n) is 6.02. The Bertz CT molecular complexity index is 437. The van der Waals surface area contributed by atoms with E-state index in [9.17, 15) is 13.2 Å². The Morgan fingerprint density at radius 1 is 1.56 bits per heavy atom. The number of nitrogens with one attached hydrogen (secondary N) is 1. The minimum Gasteiger partial charge on any atom is -0.326 e. The second-order valence-electron chi connectivity index (χ2n) is 4.82. The van der Waals surface area contributed by atoms with E-state index in [2.05, 4.69) is 11.2 Å². The van der Waals surface area contributed by atoms with E-state index in [-0.39, 0.29) is 42.6 Å². The zero-order chi connectivity index (χ0) is 13.8. The Balaban J connectivity index is 2.66. The first kappa shape index (κ1) is 15.0. The van der Waals surface area contributed by atoms with E-state index in [1.165, 1.54) is 4.90 Å². The van der Waals surface area contributed by atoms with Gasteiger partial charge in [0.15, 0.2) is 9.84 Å². The Labute approximate surface area is 109 Å². The molecule has 1 saturated heterocycles. The molecule has 1 heterocycles. The minimum atomic E-state index is -3.01. The van der Waals surface area contributed by atoms with Gasteiger partial charge in [0.25, 0.3) is 0 Å². The van der Waals surface area contributed by atoms with E-state index in [4.69, 9.17) is 6.42 Å². The molecule has 1 unspecified atom stereocenters. The van der Waals surface area contributed by atoms with Crippen LogP contribution in [0, 0.1) is 12.3 Å². The van der Waals surface area contributed by atoms with Gasteiger partial charge in [-0.05, 0) is 6.42 Å². The lowest BCUT2D eigenvalue weighted by Crippen LogP contribution is -2.46.